The second-order valence-electron chi connectivity index (χ2n) is 3.58. The Kier molecular flexibility index (Phi) is 4.35. The van der Waals surface area contributed by atoms with Crippen molar-refractivity contribution in [3.63, 3.8) is 0 Å². The molecule has 4 nitrogen and oxygen atoms in total. The molecule has 1 aliphatic rings. The normalized spacial score (nSPS) is 20.4. The number of nitrogens with one attached hydrogen (secondary N) is 2. The molecule has 0 aliphatic carbocycles. The minimum Gasteiger partial charge on any atom is -0.381 e. The quantitative estimate of drug-likeness (QED) is 0.685. The molecule has 0 atom stereocenters. The van der Waals surface area contributed by atoms with Gasteiger partial charge in [0.15, 0.2) is 0 Å². The highest BCUT2D eigenvalue weighted by atomic mass is 16.5. The highest BCUT2D eigenvalue weighted by Crippen LogP contribution is 2.20. The molecule has 1 fully saturated rings. The predicted octanol–water partition coefficient (Wildman–Crippen LogP) is 0.281. The maximum atomic E-state index is 11.9. The van der Waals surface area contributed by atoms with E-state index in [1.165, 1.54) is 0 Å². The minimum atomic E-state index is -0.386. The Hall–Kier alpha value is -0.610. The van der Waals surface area contributed by atoms with E-state index < -0.39 is 0 Å². The van der Waals surface area contributed by atoms with Crippen LogP contribution in [-0.4, -0.2) is 37.7 Å². The van der Waals surface area contributed by atoms with Crippen molar-refractivity contribution in [3.05, 3.63) is 0 Å². The van der Waals surface area contributed by atoms with E-state index in [2.05, 4.69) is 10.6 Å². The van der Waals surface area contributed by atoms with Crippen molar-refractivity contribution in [2.24, 2.45) is 0 Å². The molecule has 0 radical (unpaired) electrons. The Balaban J connectivity index is 2.63. The zero-order valence-corrected chi connectivity index (χ0v) is 9.06. The van der Waals surface area contributed by atoms with Crippen molar-refractivity contribution in [1.29, 1.82) is 0 Å². The molecular formula is C10H20N2O2. The third kappa shape index (κ3) is 2.45. The number of carbonyl (C=O) groups is 1. The molecule has 1 saturated heterocycles. The Morgan fingerprint density at radius 2 is 1.93 bits per heavy atom. The molecule has 14 heavy (non-hydrogen) atoms. The SMILES string of the molecule is CCNC(=O)C1(NCC)CCOCC1. The van der Waals surface area contributed by atoms with E-state index in [-0.39, 0.29) is 11.4 Å². The molecule has 0 unspecified atom stereocenters. The largest absolute Gasteiger partial charge is 0.381 e. The van der Waals surface area contributed by atoms with Crippen LogP contribution in [0.1, 0.15) is 26.7 Å². The number of rotatable bonds is 4. The molecule has 0 aromatic rings. The molecule has 1 amide bonds. The number of carbonyl (C=O) groups excluding carboxylic acids is 1. The van der Waals surface area contributed by atoms with Gasteiger partial charge in [-0.3, -0.25) is 4.79 Å². The predicted molar refractivity (Wildman–Crippen MR) is 55.1 cm³/mol. The van der Waals surface area contributed by atoms with Gasteiger partial charge in [0.1, 0.15) is 5.54 Å². The van der Waals surface area contributed by atoms with Gasteiger partial charge < -0.3 is 15.4 Å². The average Bonchev–Trinajstić information content (AvgIpc) is 2.20. The number of likely N-dealkylation sites (N-methyl/N-ethyl adjacent to an activating group) is 2. The third-order valence-electron chi connectivity index (χ3n) is 2.63. The van der Waals surface area contributed by atoms with Crippen molar-refractivity contribution in [1.82, 2.24) is 10.6 Å². The van der Waals surface area contributed by atoms with Crippen LogP contribution >= 0.6 is 0 Å². The third-order valence-corrected chi connectivity index (χ3v) is 2.63. The topological polar surface area (TPSA) is 50.4 Å². The summed E-state index contributed by atoms with van der Waals surface area (Å²) >= 11 is 0. The lowest BCUT2D eigenvalue weighted by Gasteiger charge is -2.36. The van der Waals surface area contributed by atoms with Crippen LogP contribution < -0.4 is 10.6 Å². The first-order valence-electron chi connectivity index (χ1n) is 5.36. The van der Waals surface area contributed by atoms with E-state index in [1.807, 2.05) is 13.8 Å². The summed E-state index contributed by atoms with van der Waals surface area (Å²) in [5.41, 5.74) is -0.386. The van der Waals surface area contributed by atoms with E-state index in [0.717, 1.165) is 19.4 Å². The van der Waals surface area contributed by atoms with Crippen molar-refractivity contribution >= 4 is 5.91 Å². The fraction of sp³-hybridized carbons (Fsp3) is 0.900. The van der Waals surface area contributed by atoms with Crippen molar-refractivity contribution in [3.8, 4) is 0 Å². The zero-order valence-electron chi connectivity index (χ0n) is 9.06. The van der Waals surface area contributed by atoms with Gasteiger partial charge in [-0.1, -0.05) is 6.92 Å². The molecule has 1 aliphatic heterocycles. The highest BCUT2D eigenvalue weighted by Gasteiger charge is 2.38. The van der Waals surface area contributed by atoms with E-state index in [4.69, 9.17) is 4.74 Å². The first kappa shape index (κ1) is 11.5. The maximum Gasteiger partial charge on any atom is 0.240 e. The smallest absolute Gasteiger partial charge is 0.240 e. The second-order valence-corrected chi connectivity index (χ2v) is 3.58. The zero-order chi connectivity index (χ0) is 10.4. The van der Waals surface area contributed by atoms with Crippen LogP contribution in [0, 0.1) is 0 Å². The molecule has 1 heterocycles. The van der Waals surface area contributed by atoms with Gasteiger partial charge in [-0.15, -0.1) is 0 Å². The van der Waals surface area contributed by atoms with Crippen molar-refractivity contribution in [2.45, 2.75) is 32.2 Å². The summed E-state index contributed by atoms with van der Waals surface area (Å²) in [6, 6.07) is 0. The van der Waals surface area contributed by atoms with Gasteiger partial charge in [0.25, 0.3) is 0 Å². The fourth-order valence-corrected chi connectivity index (χ4v) is 1.87. The first-order chi connectivity index (χ1) is 6.75. The molecule has 0 aromatic heterocycles. The first-order valence-corrected chi connectivity index (χ1v) is 5.36. The van der Waals surface area contributed by atoms with Crippen LogP contribution in [0.5, 0.6) is 0 Å². The summed E-state index contributed by atoms with van der Waals surface area (Å²) in [6.45, 7) is 6.81. The van der Waals surface area contributed by atoms with Gasteiger partial charge in [0.2, 0.25) is 5.91 Å². The van der Waals surface area contributed by atoms with Crippen LogP contribution in [0.3, 0.4) is 0 Å². The van der Waals surface area contributed by atoms with E-state index in [1.54, 1.807) is 0 Å². The minimum absolute atomic E-state index is 0.116. The molecular weight excluding hydrogens is 180 g/mol. The van der Waals surface area contributed by atoms with Gasteiger partial charge in [-0.05, 0) is 26.3 Å². The van der Waals surface area contributed by atoms with Gasteiger partial charge in [-0.25, -0.2) is 0 Å². The van der Waals surface area contributed by atoms with Crippen LogP contribution in [0.25, 0.3) is 0 Å². The summed E-state index contributed by atoms with van der Waals surface area (Å²) in [5.74, 6) is 0.116. The highest BCUT2D eigenvalue weighted by molar-refractivity contribution is 5.86. The van der Waals surface area contributed by atoms with Crippen molar-refractivity contribution < 1.29 is 9.53 Å². The van der Waals surface area contributed by atoms with E-state index in [0.29, 0.717) is 19.8 Å². The van der Waals surface area contributed by atoms with Crippen LogP contribution in [0.4, 0.5) is 0 Å². The lowest BCUT2D eigenvalue weighted by atomic mass is 9.89. The Morgan fingerprint density at radius 1 is 1.29 bits per heavy atom. The van der Waals surface area contributed by atoms with E-state index >= 15 is 0 Å². The lowest BCUT2D eigenvalue weighted by Crippen LogP contribution is -2.59. The maximum absolute atomic E-state index is 11.9. The molecule has 4 heteroatoms. The summed E-state index contributed by atoms with van der Waals surface area (Å²) in [6.07, 6.45) is 1.54. The van der Waals surface area contributed by atoms with Gasteiger partial charge in [0, 0.05) is 19.8 Å². The molecule has 82 valence electrons. The Bertz CT molecular complexity index is 183. The summed E-state index contributed by atoms with van der Waals surface area (Å²) < 4.78 is 5.28. The molecule has 0 bridgehead atoms. The summed E-state index contributed by atoms with van der Waals surface area (Å²) in [4.78, 5) is 11.9. The number of ether oxygens (including phenoxy) is 1. The van der Waals surface area contributed by atoms with E-state index in [9.17, 15) is 4.79 Å². The molecule has 0 aromatic carbocycles. The molecule has 0 saturated carbocycles. The summed E-state index contributed by atoms with van der Waals surface area (Å²) in [5, 5.41) is 6.17. The Labute approximate surface area is 85.4 Å². The monoisotopic (exact) mass is 200 g/mol. The number of hydrogen-bond acceptors (Lipinski definition) is 3. The van der Waals surface area contributed by atoms with Gasteiger partial charge >= 0.3 is 0 Å². The summed E-state index contributed by atoms with van der Waals surface area (Å²) in [7, 11) is 0. The second kappa shape index (κ2) is 5.32. The van der Waals surface area contributed by atoms with Gasteiger partial charge in [-0.2, -0.15) is 0 Å². The van der Waals surface area contributed by atoms with Crippen LogP contribution in [0.2, 0.25) is 0 Å². The lowest BCUT2D eigenvalue weighted by molar-refractivity contribution is -0.131. The average molecular weight is 200 g/mol. The molecule has 2 N–H and O–H groups in total. The van der Waals surface area contributed by atoms with Crippen LogP contribution in [0.15, 0.2) is 0 Å². The van der Waals surface area contributed by atoms with Gasteiger partial charge in [0.05, 0.1) is 0 Å². The van der Waals surface area contributed by atoms with Crippen molar-refractivity contribution in [2.75, 3.05) is 26.3 Å². The van der Waals surface area contributed by atoms with Crippen LogP contribution in [-0.2, 0) is 9.53 Å². The standard InChI is InChI=1S/C10H20N2O2/c1-3-11-9(13)10(12-4-2)5-7-14-8-6-10/h12H,3-8H2,1-2H3,(H,11,13). The fourth-order valence-electron chi connectivity index (χ4n) is 1.87. The molecule has 0 spiro atoms. The molecule has 1 rings (SSSR count). The number of amides is 1. The Morgan fingerprint density at radius 3 is 2.43 bits per heavy atom. The number of hydrogen-bond donors (Lipinski definition) is 2.